The number of aromatic nitrogens is 2. The van der Waals surface area contributed by atoms with Crippen LogP contribution in [0.3, 0.4) is 0 Å². The number of carbonyl (C=O) groups excluding carboxylic acids is 5. The minimum Gasteiger partial charge on any atom is -0.469 e. The SMILES string of the molecule is O=C(CNC(=O)C(=O)Nc1ccccc1F)NC(CC1CCNC1=O)C(=O)COc1ccnc(C(F)(F)F)n1. The fourth-order valence-corrected chi connectivity index (χ4v) is 3.46. The second-order valence-electron chi connectivity index (χ2n) is 8.22. The van der Waals surface area contributed by atoms with Crippen molar-refractivity contribution in [3.63, 3.8) is 0 Å². The Bertz CT molecular complexity index is 1260. The molecule has 3 rings (SSSR count). The van der Waals surface area contributed by atoms with E-state index in [-0.39, 0.29) is 18.0 Å². The maximum atomic E-state index is 13.6. The fourth-order valence-electron chi connectivity index (χ4n) is 3.46. The Balaban J connectivity index is 1.58. The van der Waals surface area contributed by atoms with Crippen LogP contribution in [0.2, 0.25) is 0 Å². The zero-order chi connectivity index (χ0) is 28.6. The summed E-state index contributed by atoms with van der Waals surface area (Å²) in [6, 6.07) is 4.76. The quantitative estimate of drug-likeness (QED) is 0.241. The molecule has 1 fully saturated rings. The number of para-hydroxylation sites is 1. The first kappa shape index (κ1) is 28.9. The summed E-state index contributed by atoms with van der Waals surface area (Å²) in [5, 5.41) is 8.95. The van der Waals surface area contributed by atoms with E-state index in [0.717, 1.165) is 18.3 Å². The molecule has 0 spiro atoms. The Kier molecular flexibility index (Phi) is 9.46. The third-order valence-corrected chi connectivity index (χ3v) is 5.39. The van der Waals surface area contributed by atoms with Gasteiger partial charge in [-0.05, 0) is 25.0 Å². The highest BCUT2D eigenvalue weighted by Crippen LogP contribution is 2.26. The predicted octanol–water partition coefficient (Wildman–Crippen LogP) is 0.348. The van der Waals surface area contributed by atoms with Gasteiger partial charge in [0, 0.05) is 24.7 Å². The van der Waals surface area contributed by atoms with Gasteiger partial charge in [0.05, 0.1) is 18.3 Å². The van der Waals surface area contributed by atoms with Crippen LogP contribution in [0.1, 0.15) is 18.7 Å². The van der Waals surface area contributed by atoms with E-state index in [2.05, 4.69) is 20.6 Å². The van der Waals surface area contributed by atoms with Gasteiger partial charge < -0.3 is 26.0 Å². The Labute approximate surface area is 217 Å². The van der Waals surface area contributed by atoms with Crippen molar-refractivity contribution < 1.29 is 46.3 Å². The molecule has 16 heteroatoms. The molecule has 39 heavy (non-hydrogen) atoms. The van der Waals surface area contributed by atoms with E-state index in [4.69, 9.17) is 4.74 Å². The van der Waals surface area contributed by atoms with Crippen molar-refractivity contribution in [3.05, 3.63) is 48.2 Å². The smallest absolute Gasteiger partial charge is 0.451 e. The van der Waals surface area contributed by atoms with Crippen LogP contribution in [0, 0.1) is 11.7 Å². The van der Waals surface area contributed by atoms with Crippen molar-refractivity contribution in [2.45, 2.75) is 25.1 Å². The van der Waals surface area contributed by atoms with Crippen molar-refractivity contribution in [1.82, 2.24) is 25.9 Å². The van der Waals surface area contributed by atoms with E-state index < -0.39 is 72.3 Å². The van der Waals surface area contributed by atoms with Gasteiger partial charge in [0.15, 0.2) is 12.4 Å². The van der Waals surface area contributed by atoms with Gasteiger partial charge in [-0.25, -0.2) is 9.37 Å². The van der Waals surface area contributed by atoms with E-state index in [9.17, 15) is 41.5 Å². The van der Waals surface area contributed by atoms with Crippen molar-refractivity contribution in [1.29, 1.82) is 0 Å². The standard InChI is InChI=1S/C23H22F4N6O6/c24-13-3-1-2-4-14(13)32-21(38)20(37)30-10-17(35)31-15(9-12-5-7-28-19(12)36)16(34)11-39-18-6-8-29-22(33-18)23(25,26)27/h1-4,6,8,12,15H,5,7,9-11H2,(H,28,36)(H,30,37)(H,31,35)(H,32,38). The number of nitrogens with one attached hydrogen (secondary N) is 4. The van der Waals surface area contributed by atoms with Crippen LogP contribution in [-0.4, -0.2) is 65.1 Å². The lowest BCUT2D eigenvalue weighted by atomic mass is 9.96. The van der Waals surface area contributed by atoms with Crippen molar-refractivity contribution in [2.75, 3.05) is 25.0 Å². The molecule has 1 aliphatic heterocycles. The highest BCUT2D eigenvalue weighted by atomic mass is 19.4. The van der Waals surface area contributed by atoms with Crippen LogP contribution in [0.5, 0.6) is 5.88 Å². The number of anilines is 1. The van der Waals surface area contributed by atoms with Crippen LogP contribution >= 0.6 is 0 Å². The largest absolute Gasteiger partial charge is 0.469 e. The summed E-state index contributed by atoms with van der Waals surface area (Å²) in [5.74, 6) is -8.02. The molecule has 12 nitrogen and oxygen atoms in total. The van der Waals surface area contributed by atoms with Gasteiger partial charge >= 0.3 is 18.0 Å². The molecular formula is C23H22F4N6O6. The van der Waals surface area contributed by atoms with Crippen molar-refractivity contribution in [2.24, 2.45) is 5.92 Å². The number of carbonyl (C=O) groups is 5. The summed E-state index contributed by atoms with van der Waals surface area (Å²) < 4.78 is 57.1. The summed E-state index contributed by atoms with van der Waals surface area (Å²) in [6.45, 7) is -1.21. The molecule has 4 amide bonds. The molecule has 2 atom stereocenters. The molecule has 2 aromatic rings. The molecule has 1 aromatic carbocycles. The average Bonchev–Trinajstić information content (AvgIpc) is 3.30. The third-order valence-electron chi connectivity index (χ3n) is 5.39. The number of nitrogens with zero attached hydrogens (tertiary/aromatic N) is 2. The summed E-state index contributed by atoms with van der Waals surface area (Å²) in [4.78, 5) is 67.4. The number of ketones is 1. The molecule has 1 aromatic heterocycles. The first-order chi connectivity index (χ1) is 18.4. The maximum absolute atomic E-state index is 13.6. The number of hydrogen-bond acceptors (Lipinski definition) is 8. The Hall–Kier alpha value is -4.63. The normalized spacial score (nSPS) is 15.6. The lowest BCUT2D eigenvalue weighted by Crippen LogP contribution is -2.49. The van der Waals surface area contributed by atoms with Crippen LogP contribution < -0.4 is 26.0 Å². The molecule has 0 aliphatic carbocycles. The number of halogens is 4. The minimum absolute atomic E-state index is 0.154. The number of rotatable bonds is 10. The summed E-state index contributed by atoms with van der Waals surface area (Å²) in [5.41, 5.74) is -0.256. The zero-order valence-electron chi connectivity index (χ0n) is 20.0. The number of amides is 4. The summed E-state index contributed by atoms with van der Waals surface area (Å²) in [6.07, 6.45) is -3.83. The zero-order valence-corrected chi connectivity index (χ0v) is 20.0. The van der Waals surface area contributed by atoms with Gasteiger partial charge in [-0.2, -0.15) is 18.2 Å². The summed E-state index contributed by atoms with van der Waals surface area (Å²) in [7, 11) is 0. The van der Waals surface area contributed by atoms with Crippen LogP contribution in [0.4, 0.5) is 23.2 Å². The van der Waals surface area contributed by atoms with Crippen molar-refractivity contribution in [3.8, 4) is 5.88 Å². The first-order valence-corrected chi connectivity index (χ1v) is 11.4. The van der Waals surface area contributed by atoms with Crippen LogP contribution in [-0.2, 0) is 30.1 Å². The number of alkyl halides is 3. The molecule has 0 radical (unpaired) electrons. The van der Waals surface area contributed by atoms with Crippen LogP contribution in [0.15, 0.2) is 36.5 Å². The molecule has 0 bridgehead atoms. The number of Topliss-reactive ketones (excluding diaryl/α,β-unsaturated/α-hetero) is 1. The maximum Gasteiger partial charge on any atom is 0.451 e. The van der Waals surface area contributed by atoms with Gasteiger partial charge in [0.2, 0.25) is 23.5 Å². The molecule has 1 saturated heterocycles. The molecular weight excluding hydrogens is 532 g/mol. The van der Waals surface area contributed by atoms with Gasteiger partial charge in [-0.3, -0.25) is 24.0 Å². The van der Waals surface area contributed by atoms with E-state index in [1.807, 2.05) is 10.6 Å². The van der Waals surface area contributed by atoms with Gasteiger partial charge in [0.25, 0.3) is 0 Å². The number of hydrogen-bond donors (Lipinski definition) is 4. The van der Waals surface area contributed by atoms with Gasteiger partial charge in [0.1, 0.15) is 5.82 Å². The van der Waals surface area contributed by atoms with Crippen molar-refractivity contribution >= 4 is 35.1 Å². The molecule has 4 N–H and O–H groups in total. The second-order valence-corrected chi connectivity index (χ2v) is 8.22. The minimum atomic E-state index is -4.84. The molecule has 1 aliphatic rings. The van der Waals surface area contributed by atoms with E-state index in [1.54, 1.807) is 0 Å². The molecule has 2 heterocycles. The topological polar surface area (TPSA) is 168 Å². The lowest BCUT2D eigenvalue weighted by Gasteiger charge is -2.20. The fraction of sp³-hybridized carbons (Fsp3) is 0.348. The Morgan fingerprint density at radius 1 is 1.13 bits per heavy atom. The van der Waals surface area contributed by atoms with Crippen LogP contribution in [0.25, 0.3) is 0 Å². The Morgan fingerprint density at radius 2 is 1.87 bits per heavy atom. The molecule has 208 valence electrons. The highest BCUT2D eigenvalue weighted by Gasteiger charge is 2.35. The highest BCUT2D eigenvalue weighted by molar-refractivity contribution is 6.39. The van der Waals surface area contributed by atoms with Gasteiger partial charge in [-0.15, -0.1) is 0 Å². The van der Waals surface area contributed by atoms with E-state index in [1.165, 1.54) is 18.2 Å². The first-order valence-electron chi connectivity index (χ1n) is 11.4. The number of benzene rings is 1. The lowest BCUT2D eigenvalue weighted by molar-refractivity contribution is -0.145. The monoisotopic (exact) mass is 554 g/mol. The third kappa shape index (κ3) is 8.44. The Morgan fingerprint density at radius 3 is 2.54 bits per heavy atom. The molecule has 2 unspecified atom stereocenters. The number of ether oxygens (including phenoxy) is 1. The van der Waals surface area contributed by atoms with Gasteiger partial charge in [-0.1, -0.05) is 12.1 Å². The van der Waals surface area contributed by atoms with E-state index >= 15 is 0 Å². The average molecular weight is 554 g/mol. The second kappa shape index (κ2) is 12.7. The van der Waals surface area contributed by atoms with E-state index in [0.29, 0.717) is 13.0 Å². The summed E-state index contributed by atoms with van der Waals surface area (Å²) >= 11 is 0. The predicted molar refractivity (Wildman–Crippen MR) is 123 cm³/mol. The molecule has 0 saturated carbocycles.